The molecule has 26 heavy (non-hydrogen) atoms. The minimum Gasteiger partial charge on any atom is -0.393 e. The fourth-order valence-electron chi connectivity index (χ4n) is 7.55. The highest BCUT2D eigenvalue weighted by Crippen LogP contribution is 2.66. The summed E-state index contributed by atoms with van der Waals surface area (Å²) in [6, 6.07) is 0. The van der Waals surface area contributed by atoms with Crippen molar-refractivity contribution in [3.8, 4) is 0 Å². The van der Waals surface area contributed by atoms with Crippen LogP contribution in [0.2, 0.25) is 0 Å². The summed E-state index contributed by atoms with van der Waals surface area (Å²) in [5, 5.41) is 20.2. The number of carbonyl (C=O) groups excluding carboxylic acids is 3. The molecule has 0 saturated heterocycles. The molecule has 0 heterocycles. The Labute approximate surface area is 154 Å². The number of fused-ring (bicyclic) bond motifs is 5. The van der Waals surface area contributed by atoms with E-state index < -0.39 is 18.1 Å². The minimum absolute atomic E-state index is 0.0854. The van der Waals surface area contributed by atoms with Crippen LogP contribution in [0.1, 0.15) is 58.8 Å². The quantitative estimate of drug-likeness (QED) is 0.783. The Bertz CT molecular complexity index is 657. The van der Waals surface area contributed by atoms with Gasteiger partial charge in [0.1, 0.15) is 18.2 Å². The van der Waals surface area contributed by atoms with Crippen LogP contribution in [0.25, 0.3) is 0 Å². The largest absolute Gasteiger partial charge is 0.393 e. The molecule has 4 rings (SSSR count). The number of ketones is 3. The van der Waals surface area contributed by atoms with Crippen molar-refractivity contribution in [2.24, 2.45) is 40.4 Å². The summed E-state index contributed by atoms with van der Waals surface area (Å²) in [7, 11) is 0. The second-order valence-electron chi connectivity index (χ2n) is 9.81. The predicted molar refractivity (Wildman–Crippen MR) is 94.1 cm³/mol. The number of Topliss-reactive ketones (excluding diaryl/α,β-unsaturated/α-hetero) is 3. The summed E-state index contributed by atoms with van der Waals surface area (Å²) in [5.74, 6) is 0.105. The molecule has 5 heteroatoms. The number of hydrogen-bond donors (Lipinski definition) is 2. The van der Waals surface area contributed by atoms with E-state index in [1.807, 2.05) is 6.92 Å². The Morgan fingerprint density at radius 3 is 2.58 bits per heavy atom. The van der Waals surface area contributed by atoms with Crippen LogP contribution in [0.5, 0.6) is 0 Å². The van der Waals surface area contributed by atoms with E-state index in [1.54, 1.807) is 0 Å². The van der Waals surface area contributed by atoms with Crippen LogP contribution in [0.3, 0.4) is 0 Å². The molecular weight excluding hydrogens is 332 g/mol. The van der Waals surface area contributed by atoms with Crippen molar-refractivity contribution < 1.29 is 24.6 Å². The molecule has 4 saturated carbocycles. The molecule has 0 aromatic heterocycles. The van der Waals surface area contributed by atoms with E-state index >= 15 is 0 Å². The summed E-state index contributed by atoms with van der Waals surface area (Å²) < 4.78 is 0. The van der Waals surface area contributed by atoms with Crippen molar-refractivity contribution in [3.63, 3.8) is 0 Å². The molecule has 0 unspecified atom stereocenters. The maximum Gasteiger partial charge on any atom is 0.161 e. The van der Waals surface area contributed by atoms with Gasteiger partial charge in [0.2, 0.25) is 0 Å². The zero-order valence-corrected chi connectivity index (χ0v) is 15.7. The first-order chi connectivity index (χ1) is 12.2. The SMILES string of the molecule is C[C@]12CCC(=O)C[C@H]1[C@@H](O)C[C@H]1[C@@H]3CC[C@H](C(=O)CO)[C@@]3(C)CC(=O)[C@@H]12. The van der Waals surface area contributed by atoms with E-state index in [4.69, 9.17) is 0 Å². The molecule has 0 aromatic rings. The van der Waals surface area contributed by atoms with E-state index in [-0.39, 0.29) is 52.4 Å². The van der Waals surface area contributed by atoms with Gasteiger partial charge in [0, 0.05) is 31.1 Å². The lowest BCUT2D eigenvalue weighted by atomic mass is 9.43. The molecule has 0 bridgehead atoms. The van der Waals surface area contributed by atoms with Crippen molar-refractivity contribution in [2.75, 3.05) is 6.61 Å². The Balaban J connectivity index is 1.71. The highest BCUT2D eigenvalue weighted by Gasteiger charge is 2.65. The van der Waals surface area contributed by atoms with Crippen LogP contribution >= 0.6 is 0 Å². The van der Waals surface area contributed by atoms with Crippen molar-refractivity contribution in [3.05, 3.63) is 0 Å². The van der Waals surface area contributed by atoms with Crippen molar-refractivity contribution in [1.29, 1.82) is 0 Å². The molecule has 4 aliphatic carbocycles. The first kappa shape index (κ1) is 18.3. The van der Waals surface area contributed by atoms with E-state index in [0.29, 0.717) is 32.1 Å². The first-order valence-corrected chi connectivity index (χ1v) is 10.1. The molecule has 4 aliphatic rings. The highest BCUT2D eigenvalue weighted by atomic mass is 16.3. The molecule has 0 spiro atoms. The van der Waals surface area contributed by atoms with Gasteiger partial charge >= 0.3 is 0 Å². The van der Waals surface area contributed by atoms with Crippen LogP contribution in [0.15, 0.2) is 0 Å². The fraction of sp³-hybridized carbons (Fsp3) is 0.857. The third-order valence-electron chi connectivity index (χ3n) is 8.73. The maximum absolute atomic E-state index is 13.3. The summed E-state index contributed by atoms with van der Waals surface area (Å²) in [6.07, 6.45) is 3.59. The molecule has 0 aromatic carbocycles. The van der Waals surface area contributed by atoms with Gasteiger partial charge in [-0.15, -0.1) is 0 Å². The van der Waals surface area contributed by atoms with Gasteiger partial charge in [-0.2, -0.15) is 0 Å². The zero-order valence-electron chi connectivity index (χ0n) is 15.7. The molecule has 5 nitrogen and oxygen atoms in total. The van der Waals surface area contributed by atoms with E-state index in [9.17, 15) is 24.6 Å². The van der Waals surface area contributed by atoms with Crippen molar-refractivity contribution >= 4 is 17.3 Å². The van der Waals surface area contributed by atoms with E-state index in [1.165, 1.54) is 0 Å². The zero-order chi connectivity index (χ0) is 18.9. The van der Waals surface area contributed by atoms with Gasteiger partial charge in [0.05, 0.1) is 6.10 Å². The number of carbonyl (C=O) groups is 3. The van der Waals surface area contributed by atoms with Gasteiger partial charge in [-0.25, -0.2) is 0 Å². The minimum atomic E-state index is -0.548. The lowest BCUT2D eigenvalue weighted by Gasteiger charge is -2.60. The molecule has 0 aliphatic heterocycles. The van der Waals surface area contributed by atoms with Gasteiger partial charge in [0.25, 0.3) is 0 Å². The lowest BCUT2D eigenvalue weighted by molar-refractivity contribution is -0.176. The Kier molecular flexibility index (Phi) is 4.20. The Morgan fingerprint density at radius 1 is 1.15 bits per heavy atom. The van der Waals surface area contributed by atoms with E-state index in [2.05, 4.69) is 6.92 Å². The van der Waals surface area contributed by atoms with E-state index in [0.717, 1.165) is 12.8 Å². The molecule has 144 valence electrons. The van der Waals surface area contributed by atoms with Gasteiger partial charge in [-0.1, -0.05) is 13.8 Å². The number of rotatable bonds is 2. The van der Waals surface area contributed by atoms with Gasteiger partial charge in [-0.05, 0) is 54.3 Å². The van der Waals surface area contributed by atoms with Gasteiger partial charge in [-0.3, -0.25) is 14.4 Å². The first-order valence-electron chi connectivity index (χ1n) is 10.1. The van der Waals surface area contributed by atoms with Gasteiger partial charge in [0.15, 0.2) is 5.78 Å². The van der Waals surface area contributed by atoms with Crippen LogP contribution in [-0.2, 0) is 14.4 Å². The topological polar surface area (TPSA) is 91.7 Å². The van der Waals surface area contributed by atoms with Crippen LogP contribution in [0.4, 0.5) is 0 Å². The molecule has 2 N–H and O–H groups in total. The third kappa shape index (κ3) is 2.32. The van der Waals surface area contributed by atoms with Crippen LogP contribution < -0.4 is 0 Å². The predicted octanol–water partition coefficient (Wildman–Crippen LogP) is 1.93. The smallest absolute Gasteiger partial charge is 0.161 e. The molecule has 0 amide bonds. The standard InChI is InChI=1S/C21H30O5/c1-20-6-5-11(23)7-15(20)16(24)8-12-13-3-4-14(18(26)10-22)21(13,2)9-17(25)19(12)20/h12-16,19,22,24H,3-10H2,1-2H3/t12-,13-,14+,15-,16-,19+,20-,21-/m0/s1. The second-order valence-corrected chi connectivity index (χ2v) is 9.81. The highest BCUT2D eigenvalue weighted by molar-refractivity contribution is 5.88. The summed E-state index contributed by atoms with van der Waals surface area (Å²) in [6.45, 7) is 3.69. The maximum atomic E-state index is 13.3. The van der Waals surface area contributed by atoms with Crippen molar-refractivity contribution in [2.45, 2.75) is 64.9 Å². The molecule has 4 fully saturated rings. The van der Waals surface area contributed by atoms with Crippen LogP contribution in [0, 0.1) is 40.4 Å². The monoisotopic (exact) mass is 362 g/mol. The summed E-state index contributed by atoms with van der Waals surface area (Å²) in [4.78, 5) is 37.6. The number of aliphatic hydroxyl groups excluding tert-OH is 2. The summed E-state index contributed by atoms with van der Waals surface area (Å²) in [5.41, 5.74) is -0.709. The molecule has 0 radical (unpaired) electrons. The Morgan fingerprint density at radius 2 is 1.88 bits per heavy atom. The van der Waals surface area contributed by atoms with Crippen molar-refractivity contribution in [1.82, 2.24) is 0 Å². The average molecular weight is 362 g/mol. The van der Waals surface area contributed by atoms with Gasteiger partial charge < -0.3 is 10.2 Å². The second kappa shape index (κ2) is 5.96. The average Bonchev–Trinajstić information content (AvgIpc) is 2.92. The Hall–Kier alpha value is -1.07. The normalized spacial score (nSPS) is 50.8. The fourth-order valence-corrected chi connectivity index (χ4v) is 7.55. The summed E-state index contributed by atoms with van der Waals surface area (Å²) >= 11 is 0. The molecule has 8 atom stereocenters. The molecular formula is C21H30O5. The lowest BCUT2D eigenvalue weighted by Crippen LogP contribution is -2.61. The third-order valence-corrected chi connectivity index (χ3v) is 8.73. The number of aliphatic hydroxyl groups is 2. The van der Waals surface area contributed by atoms with Crippen LogP contribution in [-0.4, -0.2) is 40.3 Å². The number of hydrogen-bond acceptors (Lipinski definition) is 5.